The zero-order valence-corrected chi connectivity index (χ0v) is 17.5. The van der Waals surface area contributed by atoms with Crippen LogP contribution >= 0.6 is 11.3 Å². The first-order valence-corrected chi connectivity index (χ1v) is 10.2. The van der Waals surface area contributed by atoms with Gasteiger partial charge in [0, 0.05) is 12.2 Å². The molecule has 1 heterocycles. The van der Waals surface area contributed by atoms with Crippen LogP contribution < -0.4 is 10.6 Å². The molecule has 1 aromatic heterocycles. The van der Waals surface area contributed by atoms with Gasteiger partial charge in [-0.3, -0.25) is 4.79 Å². The third kappa shape index (κ3) is 5.45. The Morgan fingerprint density at radius 2 is 1.76 bits per heavy atom. The van der Waals surface area contributed by atoms with Gasteiger partial charge in [0.2, 0.25) is 0 Å². The number of benzene rings is 2. The molecule has 0 radical (unpaired) electrons. The van der Waals surface area contributed by atoms with Crippen LogP contribution in [0.15, 0.2) is 60.7 Å². The van der Waals surface area contributed by atoms with Crippen LogP contribution in [-0.4, -0.2) is 19.0 Å². The minimum atomic E-state index is -0.434. The average Bonchev–Trinajstić information content (AvgIpc) is 3.22. The van der Waals surface area contributed by atoms with E-state index in [2.05, 4.69) is 46.6 Å². The van der Waals surface area contributed by atoms with Gasteiger partial charge in [-0.05, 0) is 49.2 Å². The van der Waals surface area contributed by atoms with Crippen LogP contribution in [0.3, 0.4) is 0 Å². The minimum absolute atomic E-state index is 0.156. The first-order chi connectivity index (χ1) is 14.0. The lowest BCUT2D eigenvalue weighted by Gasteiger charge is -2.15. The van der Waals surface area contributed by atoms with Crippen molar-refractivity contribution in [3.8, 4) is 0 Å². The number of methoxy groups -OCH3 is 1. The van der Waals surface area contributed by atoms with Gasteiger partial charge >= 0.3 is 5.97 Å². The van der Waals surface area contributed by atoms with E-state index in [0.717, 1.165) is 29.1 Å². The lowest BCUT2D eigenvalue weighted by Crippen LogP contribution is -2.25. The monoisotopic (exact) mass is 408 g/mol. The molecule has 0 saturated heterocycles. The summed E-state index contributed by atoms with van der Waals surface area (Å²) in [6.45, 7) is 4.77. The Hall–Kier alpha value is -3.12. The molecule has 1 unspecified atom stereocenters. The summed E-state index contributed by atoms with van der Waals surface area (Å²) < 4.78 is 4.68. The Labute approximate surface area is 174 Å². The topological polar surface area (TPSA) is 67.4 Å². The molecule has 1 atom stereocenters. The first kappa shape index (κ1) is 20.6. The summed E-state index contributed by atoms with van der Waals surface area (Å²) in [4.78, 5) is 24.9. The zero-order valence-electron chi connectivity index (χ0n) is 16.7. The summed E-state index contributed by atoms with van der Waals surface area (Å²) in [6, 6.07) is 19.5. The number of carbonyl (C=O) groups excluding carboxylic acids is 2. The molecule has 29 heavy (non-hydrogen) atoms. The maximum atomic E-state index is 12.4. The van der Waals surface area contributed by atoms with Gasteiger partial charge in [-0.15, -0.1) is 11.3 Å². The lowest BCUT2D eigenvalue weighted by molar-refractivity contribution is 0.0606. The van der Waals surface area contributed by atoms with Crippen LogP contribution in [-0.2, 0) is 11.3 Å². The Morgan fingerprint density at radius 1 is 1.03 bits per heavy atom. The number of hydrogen-bond acceptors (Lipinski definition) is 5. The molecule has 2 N–H and O–H groups in total. The molecule has 2 aromatic carbocycles. The van der Waals surface area contributed by atoms with Crippen molar-refractivity contribution >= 4 is 28.9 Å². The summed E-state index contributed by atoms with van der Waals surface area (Å²) in [5, 5.41) is 6.38. The van der Waals surface area contributed by atoms with Gasteiger partial charge in [-0.25, -0.2) is 4.79 Å². The molecule has 3 aromatic rings. The number of amides is 1. The molecule has 0 spiro atoms. The molecule has 0 saturated carbocycles. The fourth-order valence-corrected chi connectivity index (χ4v) is 3.76. The van der Waals surface area contributed by atoms with Crippen LogP contribution in [0.4, 0.5) is 5.69 Å². The smallest absolute Gasteiger partial charge is 0.348 e. The summed E-state index contributed by atoms with van der Waals surface area (Å²) in [7, 11) is 1.32. The average molecular weight is 409 g/mol. The van der Waals surface area contributed by atoms with Gasteiger partial charge in [0.1, 0.15) is 4.88 Å². The van der Waals surface area contributed by atoms with Crippen molar-refractivity contribution in [2.24, 2.45) is 0 Å². The molecule has 0 aliphatic rings. The maximum absolute atomic E-state index is 12.4. The molecular weight excluding hydrogens is 384 g/mol. The Kier molecular flexibility index (Phi) is 6.67. The number of rotatable bonds is 7. The number of aryl methyl sites for hydroxylation is 1. The molecule has 3 rings (SSSR count). The van der Waals surface area contributed by atoms with E-state index in [-0.39, 0.29) is 11.9 Å². The van der Waals surface area contributed by atoms with Crippen molar-refractivity contribution in [1.82, 2.24) is 5.32 Å². The highest BCUT2D eigenvalue weighted by atomic mass is 32.1. The molecule has 0 aliphatic carbocycles. The quantitative estimate of drug-likeness (QED) is 0.543. The van der Waals surface area contributed by atoms with E-state index in [4.69, 9.17) is 0 Å². The molecular formula is C23H24N2O3S. The van der Waals surface area contributed by atoms with E-state index in [0.29, 0.717) is 9.75 Å². The normalized spacial score (nSPS) is 11.6. The zero-order chi connectivity index (χ0) is 20.8. The van der Waals surface area contributed by atoms with E-state index in [1.54, 1.807) is 12.1 Å². The Bertz CT molecular complexity index is 995. The van der Waals surface area contributed by atoms with Gasteiger partial charge < -0.3 is 15.4 Å². The highest BCUT2D eigenvalue weighted by Gasteiger charge is 2.16. The Balaban J connectivity index is 1.57. The molecule has 1 amide bonds. The number of carbonyl (C=O) groups is 2. The number of hydrogen-bond donors (Lipinski definition) is 2. The van der Waals surface area contributed by atoms with E-state index in [1.165, 1.54) is 18.2 Å². The number of nitrogens with one attached hydrogen (secondary N) is 2. The third-order valence-corrected chi connectivity index (χ3v) is 5.62. The predicted molar refractivity (Wildman–Crippen MR) is 116 cm³/mol. The second kappa shape index (κ2) is 9.39. The molecule has 0 aliphatic heterocycles. The standard InChI is InChI=1S/C23H24N2O3S/c1-15-5-4-6-17(13-15)14-24-19-9-7-18(8-10-19)16(2)25-22(26)20-11-12-21(29-20)23(27)28-3/h4-13,16,24H,14H2,1-3H3,(H,25,26). The summed E-state index contributed by atoms with van der Waals surface area (Å²) in [6.07, 6.45) is 0. The highest BCUT2D eigenvalue weighted by molar-refractivity contribution is 7.15. The molecule has 6 heteroatoms. The van der Waals surface area contributed by atoms with Crippen molar-refractivity contribution in [3.63, 3.8) is 0 Å². The fraction of sp³-hybridized carbons (Fsp3) is 0.217. The minimum Gasteiger partial charge on any atom is -0.465 e. The van der Waals surface area contributed by atoms with Gasteiger partial charge in [0.15, 0.2) is 0 Å². The van der Waals surface area contributed by atoms with Gasteiger partial charge in [-0.2, -0.15) is 0 Å². The number of esters is 1. The van der Waals surface area contributed by atoms with Crippen molar-refractivity contribution < 1.29 is 14.3 Å². The second-order valence-electron chi connectivity index (χ2n) is 6.82. The van der Waals surface area contributed by atoms with Crippen LogP contribution in [0.2, 0.25) is 0 Å². The summed E-state index contributed by atoms with van der Waals surface area (Å²) in [5.41, 5.74) is 4.50. The van der Waals surface area contributed by atoms with E-state index in [1.807, 2.05) is 31.2 Å². The van der Waals surface area contributed by atoms with Crippen LogP contribution in [0.25, 0.3) is 0 Å². The SMILES string of the molecule is COC(=O)c1ccc(C(=O)NC(C)c2ccc(NCc3cccc(C)c3)cc2)s1. The number of thiophene rings is 1. The van der Waals surface area contributed by atoms with E-state index < -0.39 is 5.97 Å². The van der Waals surface area contributed by atoms with Gasteiger partial charge in [0.25, 0.3) is 5.91 Å². The molecule has 0 bridgehead atoms. The van der Waals surface area contributed by atoms with Crippen molar-refractivity contribution in [2.45, 2.75) is 26.4 Å². The van der Waals surface area contributed by atoms with Crippen LogP contribution in [0.1, 0.15) is 49.0 Å². The lowest BCUT2D eigenvalue weighted by atomic mass is 10.1. The van der Waals surface area contributed by atoms with Crippen molar-refractivity contribution in [3.05, 3.63) is 87.1 Å². The van der Waals surface area contributed by atoms with E-state index in [9.17, 15) is 9.59 Å². The summed E-state index contributed by atoms with van der Waals surface area (Å²) >= 11 is 1.12. The van der Waals surface area contributed by atoms with Gasteiger partial charge in [-0.1, -0.05) is 42.0 Å². The number of ether oxygens (including phenoxy) is 1. The van der Waals surface area contributed by atoms with E-state index >= 15 is 0 Å². The van der Waals surface area contributed by atoms with Crippen LogP contribution in [0.5, 0.6) is 0 Å². The number of anilines is 1. The fourth-order valence-electron chi connectivity index (χ4n) is 2.94. The molecule has 150 valence electrons. The highest BCUT2D eigenvalue weighted by Crippen LogP contribution is 2.20. The largest absolute Gasteiger partial charge is 0.465 e. The Morgan fingerprint density at radius 3 is 2.45 bits per heavy atom. The second-order valence-corrected chi connectivity index (χ2v) is 7.90. The molecule has 0 fully saturated rings. The maximum Gasteiger partial charge on any atom is 0.348 e. The van der Waals surface area contributed by atoms with Crippen molar-refractivity contribution in [1.29, 1.82) is 0 Å². The first-order valence-electron chi connectivity index (χ1n) is 9.34. The molecule has 5 nitrogen and oxygen atoms in total. The predicted octanol–water partition coefficient (Wildman–Crippen LogP) is 4.95. The summed E-state index contributed by atoms with van der Waals surface area (Å²) in [5.74, 6) is -0.643. The van der Waals surface area contributed by atoms with Gasteiger partial charge in [0.05, 0.1) is 18.0 Å². The third-order valence-electron chi connectivity index (χ3n) is 4.55. The van der Waals surface area contributed by atoms with Crippen LogP contribution in [0, 0.1) is 6.92 Å². The van der Waals surface area contributed by atoms with Crippen molar-refractivity contribution in [2.75, 3.05) is 12.4 Å².